The number of carbonyl (C=O) groups excluding carboxylic acids is 2. The molecule has 0 radical (unpaired) electrons. The fourth-order valence-corrected chi connectivity index (χ4v) is 8.61. The van der Waals surface area contributed by atoms with Crippen LogP contribution in [0.5, 0.6) is 28.7 Å². The molecule has 19 heteroatoms. The van der Waals surface area contributed by atoms with Crippen molar-refractivity contribution < 1.29 is 51.6 Å². The van der Waals surface area contributed by atoms with E-state index in [0.29, 0.717) is 77.8 Å². The van der Waals surface area contributed by atoms with Gasteiger partial charge in [-0.1, -0.05) is 0 Å². The Morgan fingerprint density at radius 3 is 2.28 bits per heavy atom. The number of rotatable bonds is 8. The molecular formula is C39H49N7O11S. The summed E-state index contributed by atoms with van der Waals surface area (Å²) in [5.41, 5.74) is 1.35. The van der Waals surface area contributed by atoms with Crippen LogP contribution in [0.15, 0.2) is 53.8 Å². The molecule has 2 N–H and O–H groups in total. The number of pyridine rings is 1. The van der Waals surface area contributed by atoms with Crippen LogP contribution in [-0.4, -0.2) is 131 Å². The van der Waals surface area contributed by atoms with Gasteiger partial charge in [0, 0.05) is 74.7 Å². The Kier molecular flexibility index (Phi) is 14.9. The van der Waals surface area contributed by atoms with Crippen molar-refractivity contribution in [3.05, 3.63) is 60.2 Å². The fourth-order valence-electron chi connectivity index (χ4n) is 7.14. The van der Waals surface area contributed by atoms with Crippen LogP contribution in [0.4, 0.5) is 5.82 Å². The second-order valence-electron chi connectivity index (χ2n) is 13.4. The number of nitrogens with zero attached hydrogens (tertiary/aromatic N) is 6. The van der Waals surface area contributed by atoms with Gasteiger partial charge in [0.25, 0.3) is 12.4 Å². The van der Waals surface area contributed by atoms with Gasteiger partial charge >= 0.3 is 0 Å². The third kappa shape index (κ3) is 9.76. The van der Waals surface area contributed by atoms with Gasteiger partial charge in [0.2, 0.25) is 21.7 Å². The van der Waals surface area contributed by atoms with Crippen molar-refractivity contribution in [2.45, 2.75) is 37.1 Å². The maximum absolute atomic E-state index is 14.7. The maximum Gasteiger partial charge on any atom is 0.290 e. The Bertz CT molecular complexity index is 2180. The van der Waals surface area contributed by atoms with Gasteiger partial charge in [0.15, 0.2) is 23.0 Å². The van der Waals surface area contributed by atoms with Crippen LogP contribution in [-0.2, 0) is 26.2 Å². The molecule has 312 valence electrons. The molecule has 0 aliphatic carbocycles. The van der Waals surface area contributed by atoms with Gasteiger partial charge in [-0.25, -0.2) is 18.4 Å². The molecule has 58 heavy (non-hydrogen) atoms. The predicted octanol–water partition coefficient (Wildman–Crippen LogP) is 3.23. The van der Waals surface area contributed by atoms with Gasteiger partial charge < -0.3 is 43.9 Å². The molecule has 1 unspecified atom stereocenters. The number of carboxylic acid groups (broad SMARTS) is 1. The summed E-state index contributed by atoms with van der Waals surface area (Å²) in [4.78, 5) is 52.2. The SMILES string of the molecule is COc1ccc(S(=O)(=O)N2CCCCN(C(=O)c3cnccn3)CC(=O)NCC3CCCN(C3)c3nc4cc(OC)c(OC)c(OC)c4cc3C2)cc1OC.O=CO. The third-order valence-electron chi connectivity index (χ3n) is 9.91. The molecule has 2 aliphatic heterocycles. The van der Waals surface area contributed by atoms with Crippen LogP contribution in [0, 0.1) is 5.92 Å². The number of ether oxygens (including phenoxy) is 5. The standard InChI is InChI=1S/C38H47N7O9S.CH2O2/c1-50-31-11-10-27(18-32(31)51-2)55(48,49)45-16-7-6-14-44(38(47)30-21-39-12-13-40-30)24-34(46)41-20-25-9-8-15-43(22-25)37-26(23-45)17-28-29(42-37)19-33(52-3)36(54-5)35(28)53-4;2-1-3/h10-13,17-19,21,25H,6-9,14-16,20,22-24H2,1-5H3,(H,41,46);1H,(H,2,3). The van der Waals surface area contributed by atoms with E-state index in [-0.39, 0.29) is 60.8 Å². The van der Waals surface area contributed by atoms with E-state index < -0.39 is 15.9 Å². The zero-order chi connectivity index (χ0) is 41.8. The molecule has 4 aromatic rings. The van der Waals surface area contributed by atoms with Crippen LogP contribution in [0.1, 0.15) is 41.7 Å². The molecule has 4 heterocycles. The highest BCUT2D eigenvalue weighted by Gasteiger charge is 2.31. The van der Waals surface area contributed by atoms with Gasteiger partial charge in [-0.15, -0.1) is 0 Å². The molecule has 18 nitrogen and oxygen atoms in total. The lowest BCUT2D eigenvalue weighted by Crippen LogP contribution is -2.46. The molecule has 0 saturated carbocycles. The Morgan fingerprint density at radius 1 is 0.879 bits per heavy atom. The smallest absolute Gasteiger partial charge is 0.290 e. The van der Waals surface area contributed by atoms with E-state index in [4.69, 9.17) is 38.6 Å². The average Bonchev–Trinajstić information content (AvgIpc) is 3.24. The number of benzene rings is 2. The van der Waals surface area contributed by atoms with Crippen molar-refractivity contribution in [1.29, 1.82) is 0 Å². The fraction of sp³-hybridized carbons (Fsp3) is 0.436. The molecule has 0 spiro atoms. The number of hydrogen-bond donors (Lipinski definition) is 2. The van der Waals surface area contributed by atoms with E-state index in [2.05, 4.69) is 20.2 Å². The predicted molar refractivity (Wildman–Crippen MR) is 212 cm³/mol. The summed E-state index contributed by atoms with van der Waals surface area (Å²) in [5.74, 6) is 1.85. The normalized spacial score (nSPS) is 16.8. The highest BCUT2D eigenvalue weighted by Crippen LogP contribution is 2.44. The van der Waals surface area contributed by atoms with Crippen LogP contribution in [0.2, 0.25) is 0 Å². The summed E-state index contributed by atoms with van der Waals surface area (Å²) in [7, 11) is 3.37. The second-order valence-corrected chi connectivity index (χ2v) is 15.4. The minimum absolute atomic E-state index is 0.0213. The summed E-state index contributed by atoms with van der Waals surface area (Å²) < 4.78 is 58.8. The van der Waals surface area contributed by atoms with Gasteiger partial charge in [0.1, 0.15) is 11.5 Å². The summed E-state index contributed by atoms with van der Waals surface area (Å²) in [6, 6.07) is 8.19. The Hall–Kier alpha value is -5.95. The molecular weight excluding hydrogens is 775 g/mol. The van der Waals surface area contributed by atoms with E-state index in [0.717, 1.165) is 12.8 Å². The minimum atomic E-state index is -4.16. The lowest BCUT2D eigenvalue weighted by atomic mass is 9.97. The molecule has 2 aromatic heterocycles. The highest BCUT2D eigenvalue weighted by atomic mass is 32.2. The Labute approximate surface area is 337 Å². The Balaban J connectivity index is 0.00000207. The highest BCUT2D eigenvalue weighted by molar-refractivity contribution is 7.89. The van der Waals surface area contributed by atoms with Crippen molar-refractivity contribution in [3.63, 3.8) is 0 Å². The third-order valence-corrected chi connectivity index (χ3v) is 11.8. The van der Waals surface area contributed by atoms with Crippen molar-refractivity contribution in [3.8, 4) is 28.7 Å². The molecule has 2 aromatic carbocycles. The largest absolute Gasteiger partial charge is 0.493 e. The van der Waals surface area contributed by atoms with Crippen molar-refractivity contribution in [2.75, 3.05) is 79.7 Å². The average molecular weight is 824 g/mol. The number of aromatic nitrogens is 3. The molecule has 1 saturated heterocycles. The second kappa shape index (κ2) is 20.0. The number of anilines is 1. The lowest BCUT2D eigenvalue weighted by Gasteiger charge is -2.36. The number of amides is 2. The van der Waals surface area contributed by atoms with Crippen LogP contribution < -0.4 is 33.9 Å². The van der Waals surface area contributed by atoms with E-state index in [1.165, 1.54) is 68.4 Å². The first-order valence-corrected chi connectivity index (χ1v) is 20.0. The van der Waals surface area contributed by atoms with Crippen molar-refractivity contribution >= 4 is 45.0 Å². The van der Waals surface area contributed by atoms with Crippen molar-refractivity contribution in [2.24, 2.45) is 5.92 Å². The summed E-state index contributed by atoms with van der Waals surface area (Å²) in [6.07, 6.45) is 6.69. The zero-order valence-electron chi connectivity index (χ0n) is 33.2. The van der Waals surface area contributed by atoms with Crippen LogP contribution >= 0.6 is 0 Å². The summed E-state index contributed by atoms with van der Waals surface area (Å²) >= 11 is 0. The summed E-state index contributed by atoms with van der Waals surface area (Å²) in [5, 5.41) is 10.6. The lowest BCUT2D eigenvalue weighted by molar-refractivity contribution is -0.123. The van der Waals surface area contributed by atoms with Gasteiger partial charge in [-0.3, -0.25) is 19.4 Å². The van der Waals surface area contributed by atoms with Gasteiger partial charge in [-0.2, -0.15) is 4.31 Å². The first-order valence-electron chi connectivity index (χ1n) is 18.5. The van der Waals surface area contributed by atoms with E-state index in [9.17, 15) is 18.0 Å². The van der Waals surface area contributed by atoms with Crippen molar-refractivity contribution in [1.82, 2.24) is 29.5 Å². The number of carbonyl (C=O) groups is 3. The molecule has 1 atom stereocenters. The minimum Gasteiger partial charge on any atom is -0.493 e. The first kappa shape index (κ1) is 43.2. The molecule has 1 fully saturated rings. The van der Waals surface area contributed by atoms with Gasteiger partial charge in [0.05, 0.1) is 58.7 Å². The Morgan fingerprint density at radius 2 is 1.60 bits per heavy atom. The molecule has 2 aliphatic rings. The maximum atomic E-state index is 14.7. The number of piperidine rings is 1. The molecule has 6 rings (SSSR count). The molecule has 2 bridgehead atoms. The number of methoxy groups -OCH3 is 5. The number of fused-ring (bicyclic) bond motifs is 5. The van der Waals surface area contributed by atoms with Crippen LogP contribution in [0.25, 0.3) is 10.9 Å². The van der Waals surface area contributed by atoms with Gasteiger partial charge in [-0.05, 0) is 49.8 Å². The molecule has 2 amide bonds. The number of sulfonamides is 1. The van der Waals surface area contributed by atoms with Crippen LogP contribution in [0.3, 0.4) is 0 Å². The van der Waals surface area contributed by atoms with E-state index in [1.807, 2.05) is 6.07 Å². The first-order chi connectivity index (χ1) is 28.0. The number of nitrogens with one attached hydrogen (secondary N) is 1. The quantitative estimate of drug-likeness (QED) is 0.244. The topological polar surface area (TPSA) is 212 Å². The summed E-state index contributed by atoms with van der Waals surface area (Å²) in [6.45, 7) is 1.43. The monoisotopic (exact) mass is 823 g/mol. The van der Waals surface area contributed by atoms with E-state index in [1.54, 1.807) is 19.2 Å². The van der Waals surface area contributed by atoms with E-state index >= 15 is 0 Å². The number of hydrogen-bond acceptors (Lipinski definition) is 14. The zero-order valence-corrected chi connectivity index (χ0v) is 34.0.